The molecular weight excluding hydrogens is 358 g/mol. The van der Waals surface area contributed by atoms with Gasteiger partial charge in [0, 0.05) is 12.1 Å². The van der Waals surface area contributed by atoms with Gasteiger partial charge in [0.05, 0.1) is 10.2 Å². The maximum absolute atomic E-state index is 14.3. The zero-order valence-corrected chi connectivity index (χ0v) is 12.7. The van der Waals surface area contributed by atoms with Gasteiger partial charge in [-0.25, -0.2) is 4.39 Å². The van der Waals surface area contributed by atoms with Gasteiger partial charge in [0.1, 0.15) is 6.54 Å². The van der Waals surface area contributed by atoms with Crippen LogP contribution in [0.15, 0.2) is 21.8 Å². The molecule has 1 rings (SSSR count). The zero-order valence-electron chi connectivity index (χ0n) is 11.1. The lowest BCUT2D eigenvalue weighted by Gasteiger charge is -2.26. The molecule has 0 radical (unpaired) electrons. The normalized spacial score (nSPS) is 12.6. The van der Waals surface area contributed by atoms with Crippen molar-refractivity contribution in [3.63, 3.8) is 0 Å². The molecule has 0 bridgehead atoms. The Kier molecular flexibility index (Phi) is 5.82. The summed E-state index contributed by atoms with van der Waals surface area (Å²) in [5.74, 6) is -1.23. The number of benzene rings is 1. The van der Waals surface area contributed by atoms with Gasteiger partial charge in [0.25, 0.3) is 0 Å². The molecule has 0 amide bonds. The number of hydrogen-bond acceptors (Lipinski definition) is 3. The summed E-state index contributed by atoms with van der Waals surface area (Å²) >= 11 is 2.92. The van der Waals surface area contributed by atoms with Crippen molar-refractivity contribution >= 4 is 27.5 Å². The summed E-state index contributed by atoms with van der Waals surface area (Å²) in [6.07, 6.45) is -4.02. The number of alkyl halides is 3. The molecular formula is C12H14BrF4N3O. The fourth-order valence-corrected chi connectivity index (χ4v) is 2.34. The van der Waals surface area contributed by atoms with E-state index in [1.165, 1.54) is 12.1 Å². The Morgan fingerprint density at radius 1 is 1.43 bits per heavy atom. The third-order valence-corrected chi connectivity index (χ3v) is 3.43. The zero-order chi connectivity index (χ0) is 16.2. The molecule has 0 unspecified atom stereocenters. The molecule has 4 nitrogen and oxygen atoms in total. The first-order valence-electron chi connectivity index (χ1n) is 5.98. The van der Waals surface area contributed by atoms with Crippen LogP contribution in [-0.2, 0) is 0 Å². The van der Waals surface area contributed by atoms with Gasteiger partial charge in [-0.15, -0.1) is 0 Å². The molecule has 9 heteroatoms. The number of anilines is 1. The van der Waals surface area contributed by atoms with E-state index in [1.54, 1.807) is 6.92 Å². The van der Waals surface area contributed by atoms with Gasteiger partial charge >= 0.3 is 6.18 Å². The highest BCUT2D eigenvalue weighted by Crippen LogP contribution is 2.31. The summed E-state index contributed by atoms with van der Waals surface area (Å²) in [5.41, 5.74) is 5.22. The van der Waals surface area contributed by atoms with Crippen LogP contribution in [0.4, 0.5) is 23.2 Å². The van der Waals surface area contributed by atoms with Crippen molar-refractivity contribution < 1.29 is 22.8 Å². The van der Waals surface area contributed by atoms with Crippen molar-refractivity contribution in [1.29, 1.82) is 0 Å². The first-order valence-corrected chi connectivity index (χ1v) is 6.78. The van der Waals surface area contributed by atoms with Crippen LogP contribution in [-0.4, -0.2) is 30.3 Å². The smallest absolute Gasteiger partial charge is 0.405 e. The Bertz CT molecular complexity index is 534. The molecule has 0 aliphatic carbocycles. The second-order valence-corrected chi connectivity index (χ2v) is 5.08. The molecule has 0 heterocycles. The quantitative estimate of drug-likeness (QED) is 0.274. The molecule has 118 valence electrons. The SMILES string of the molecule is CCCN(CC(F)(F)F)c1ccc(/C(N)=N/O)c(Br)c1F. The van der Waals surface area contributed by atoms with Gasteiger partial charge in [0.2, 0.25) is 0 Å². The minimum Gasteiger partial charge on any atom is -0.409 e. The molecule has 21 heavy (non-hydrogen) atoms. The molecule has 0 spiro atoms. The minimum absolute atomic E-state index is 0.0474. The van der Waals surface area contributed by atoms with Crippen molar-refractivity contribution in [3.8, 4) is 0 Å². The number of rotatable bonds is 5. The van der Waals surface area contributed by atoms with Crippen LogP contribution in [0, 0.1) is 5.82 Å². The fraction of sp³-hybridized carbons (Fsp3) is 0.417. The lowest BCUT2D eigenvalue weighted by atomic mass is 10.1. The van der Waals surface area contributed by atoms with Crippen LogP contribution in [0.5, 0.6) is 0 Å². The standard InChI is InChI=1S/C12H14BrF4N3O/c1-2-5-20(6-12(15,16)17)8-4-3-7(11(18)19-21)9(13)10(8)14/h3-4,21H,2,5-6H2,1H3,(H2,18,19). The summed E-state index contributed by atoms with van der Waals surface area (Å²) in [5, 5.41) is 11.3. The maximum atomic E-state index is 14.3. The molecule has 0 aromatic heterocycles. The number of nitrogens with zero attached hydrogens (tertiary/aromatic N) is 2. The summed E-state index contributed by atoms with van der Waals surface area (Å²) in [6, 6.07) is 2.46. The molecule has 1 aromatic rings. The second kappa shape index (κ2) is 6.97. The third-order valence-electron chi connectivity index (χ3n) is 2.65. The highest BCUT2D eigenvalue weighted by Gasteiger charge is 2.32. The van der Waals surface area contributed by atoms with Crippen LogP contribution in [0.3, 0.4) is 0 Å². The Balaban J connectivity index is 3.25. The molecule has 1 aromatic carbocycles. The van der Waals surface area contributed by atoms with Crippen LogP contribution < -0.4 is 10.6 Å². The van der Waals surface area contributed by atoms with Crippen LogP contribution in [0.1, 0.15) is 18.9 Å². The van der Waals surface area contributed by atoms with Gasteiger partial charge in [-0.3, -0.25) is 0 Å². The number of amidine groups is 1. The molecule has 0 atom stereocenters. The average molecular weight is 372 g/mol. The van der Waals surface area contributed by atoms with Gasteiger partial charge in [-0.1, -0.05) is 12.1 Å². The molecule has 0 saturated carbocycles. The Morgan fingerprint density at radius 2 is 2.05 bits per heavy atom. The Hall–Kier alpha value is -1.51. The van der Waals surface area contributed by atoms with Crippen molar-refractivity contribution in [3.05, 3.63) is 28.0 Å². The van der Waals surface area contributed by atoms with Gasteiger partial charge < -0.3 is 15.8 Å². The van der Waals surface area contributed by atoms with E-state index in [-0.39, 0.29) is 28.1 Å². The second-order valence-electron chi connectivity index (χ2n) is 4.28. The summed E-state index contributed by atoms with van der Waals surface area (Å²) < 4.78 is 51.8. The predicted molar refractivity (Wildman–Crippen MR) is 75.2 cm³/mol. The Labute approximate surface area is 127 Å². The highest BCUT2D eigenvalue weighted by atomic mass is 79.9. The number of nitrogens with two attached hydrogens (primary N) is 1. The maximum Gasteiger partial charge on any atom is 0.405 e. The fourth-order valence-electron chi connectivity index (χ4n) is 1.81. The minimum atomic E-state index is -4.45. The monoisotopic (exact) mass is 371 g/mol. The van der Waals surface area contributed by atoms with Crippen molar-refractivity contribution in [1.82, 2.24) is 0 Å². The largest absolute Gasteiger partial charge is 0.409 e. The van der Waals surface area contributed by atoms with E-state index in [1.807, 2.05) is 0 Å². The predicted octanol–water partition coefficient (Wildman–Crippen LogP) is 3.46. The number of halogens is 5. The van der Waals surface area contributed by atoms with Crippen molar-refractivity contribution in [2.75, 3.05) is 18.0 Å². The van der Waals surface area contributed by atoms with E-state index in [2.05, 4.69) is 21.1 Å². The van der Waals surface area contributed by atoms with E-state index < -0.39 is 18.5 Å². The molecule has 0 aliphatic rings. The first kappa shape index (κ1) is 17.5. The van der Waals surface area contributed by atoms with Gasteiger partial charge in [0.15, 0.2) is 11.7 Å². The van der Waals surface area contributed by atoms with E-state index >= 15 is 0 Å². The summed E-state index contributed by atoms with van der Waals surface area (Å²) in [4.78, 5) is 0.899. The van der Waals surface area contributed by atoms with Crippen LogP contribution >= 0.6 is 15.9 Å². The lowest BCUT2D eigenvalue weighted by Crippen LogP contribution is -2.35. The average Bonchev–Trinajstić information content (AvgIpc) is 2.39. The van der Waals surface area contributed by atoms with E-state index in [0.717, 1.165) is 4.90 Å². The van der Waals surface area contributed by atoms with E-state index in [9.17, 15) is 17.6 Å². The Morgan fingerprint density at radius 3 is 2.52 bits per heavy atom. The van der Waals surface area contributed by atoms with Crippen molar-refractivity contribution in [2.24, 2.45) is 10.9 Å². The van der Waals surface area contributed by atoms with Crippen LogP contribution in [0.25, 0.3) is 0 Å². The number of hydrogen-bond donors (Lipinski definition) is 2. The lowest BCUT2D eigenvalue weighted by molar-refractivity contribution is -0.119. The summed E-state index contributed by atoms with van der Waals surface area (Å²) in [6.45, 7) is 0.486. The first-order chi connectivity index (χ1) is 9.71. The molecule has 0 aliphatic heterocycles. The van der Waals surface area contributed by atoms with E-state index in [0.29, 0.717) is 6.42 Å². The number of oxime groups is 1. The van der Waals surface area contributed by atoms with Crippen LogP contribution in [0.2, 0.25) is 0 Å². The molecule has 0 saturated heterocycles. The molecule has 0 fully saturated rings. The van der Waals surface area contributed by atoms with E-state index in [4.69, 9.17) is 10.9 Å². The topological polar surface area (TPSA) is 61.8 Å². The summed E-state index contributed by atoms with van der Waals surface area (Å²) in [7, 11) is 0. The highest BCUT2D eigenvalue weighted by molar-refractivity contribution is 9.10. The third kappa shape index (κ3) is 4.48. The van der Waals surface area contributed by atoms with Gasteiger partial charge in [-0.05, 0) is 34.5 Å². The van der Waals surface area contributed by atoms with Gasteiger partial charge in [-0.2, -0.15) is 13.2 Å². The molecule has 3 N–H and O–H groups in total. The van der Waals surface area contributed by atoms with Crippen molar-refractivity contribution in [2.45, 2.75) is 19.5 Å².